The molecule has 0 bridgehead atoms. The van der Waals surface area contributed by atoms with E-state index in [0.29, 0.717) is 12.5 Å². The van der Waals surface area contributed by atoms with Gasteiger partial charge in [0.2, 0.25) is 0 Å². The Hall–Kier alpha value is -0.110. The zero-order valence-electron chi connectivity index (χ0n) is 6.91. The highest BCUT2D eigenvalue weighted by atomic mass is 19.1. The summed E-state index contributed by atoms with van der Waals surface area (Å²) < 4.78 is 14.0. The lowest BCUT2D eigenvalue weighted by atomic mass is 9.71. The van der Waals surface area contributed by atoms with Gasteiger partial charge in [0.15, 0.2) is 0 Å². The first-order valence-electron chi connectivity index (χ1n) is 4.71. The second-order valence-electron chi connectivity index (χ2n) is 3.94. The quantitative estimate of drug-likeness (QED) is 0.612. The molecule has 1 N–H and O–H groups in total. The molecule has 2 heteroatoms. The fraction of sp³-hybridized carbons (Fsp3) is 1.00. The second kappa shape index (κ2) is 2.74. The van der Waals surface area contributed by atoms with Crippen LogP contribution < -0.4 is 5.32 Å². The summed E-state index contributed by atoms with van der Waals surface area (Å²) in [6.07, 6.45) is 5.31. The molecule has 1 unspecified atom stereocenters. The number of rotatable bonds is 1. The van der Waals surface area contributed by atoms with Crippen molar-refractivity contribution in [1.82, 2.24) is 5.32 Å². The molecule has 1 atom stereocenters. The van der Waals surface area contributed by atoms with E-state index in [0.717, 1.165) is 32.2 Å². The van der Waals surface area contributed by atoms with E-state index in [4.69, 9.17) is 0 Å². The van der Waals surface area contributed by atoms with Gasteiger partial charge in [-0.2, -0.15) is 0 Å². The van der Waals surface area contributed by atoms with E-state index in [1.807, 2.05) is 0 Å². The van der Waals surface area contributed by atoms with Crippen LogP contribution in [0.5, 0.6) is 0 Å². The fourth-order valence-corrected chi connectivity index (χ4v) is 2.17. The minimum absolute atomic E-state index is 0.385. The number of halogens is 1. The van der Waals surface area contributed by atoms with Crippen LogP contribution in [0.15, 0.2) is 0 Å². The third kappa shape index (κ3) is 1.28. The average molecular weight is 157 g/mol. The van der Waals surface area contributed by atoms with Crippen molar-refractivity contribution in [1.29, 1.82) is 0 Å². The van der Waals surface area contributed by atoms with Crippen molar-refractivity contribution < 1.29 is 4.39 Å². The van der Waals surface area contributed by atoms with E-state index in [-0.39, 0.29) is 0 Å². The first kappa shape index (κ1) is 7.53. The van der Waals surface area contributed by atoms with E-state index in [2.05, 4.69) is 5.32 Å². The van der Waals surface area contributed by atoms with E-state index >= 15 is 0 Å². The van der Waals surface area contributed by atoms with Crippen molar-refractivity contribution in [2.75, 3.05) is 13.1 Å². The Kier molecular flexibility index (Phi) is 1.88. The number of nitrogens with one attached hydrogen (secondary N) is 1. The van der Waals surface area contributed by atoms with Gasteiger partial charge >= 0.3 is 0 Å². The summed E-state index contributed by atoms with van der Waals surface area (Å²) in [5.41, 5.74) is -0.837. The van der Waals surface area contributed by atoms with Gasteiger partial charge in [0.05, 0.1) is 0 Å². The first-order chi connectivity index (χ1) is 5.31. The van der Waals surface area contributed by atoms with Gasteiger partial charge in [-0.3, -0.25) is 0 Å². The van der Waals surface area contributed by atoms with Crippen LogP contribution in [0, 0.1) is 5.92 Å². The van der Waals surface area contributed by atoms with Crippen molar-refractivity contribution in [3.05, 3.63) is 0 Å². The van der Waals surface area contributed by atoms with Crippen LogP contribution in [-0.2, 0) is 0 Å². The Morgan fingerprint density at radius 3 is 2.55 bits per heavy atom. The van der Waals surface area contributed by atoms with Crippen molar-refractivity contribution in [3.8, 4) is 0 Å². The Labute approximate surface area is 67.4 Å². The first-order valence-corrected chi connectivity index (χ1v) is 4.71. The van der Waals surface area contributed by atoms with Crippen molar-refractivity contribution >= 4 is 0 Å². The van der Waals surface area contributed by atoms with Crippen molar-refractivity contribution in [3.63, 3.8) is 0 Å². The number of hydrogen-bond acceptors (Lipinski definition) is 1. The molecule has 2 fully saturated rings. The molecule has 11 heavy (non-hydrogen) atoms. The highest BCUT2D eigenvalue weighted by Crippen LogP contribution is 2.41. The maximum absolute atomic E-state index is 14.0. The van der Waals surface area contributed by atoms with Gasteiger partial charge in [-0.25, -0.2) is 4.39 Å². The summed E-state index contributed by atoms with van der Waals surface area (Å²) in [7, 11) is 0. The van der Waals surface area contributed by atoms with Crippen LogP contribution in [0.3, 0.4) is 0 Å². The van der Waals surface area contributed by atoms with Gasteiger partial charge in [-0.15, -0.1) is 0 Å². The van der Waals surface area contributed by atoms with Gasteiger partial charge in [-0.1, -0.05) is 6.42 Å². The topological polar surface area (TPSA) is 12.0 Å². The van der Waals surface area contributed by atoms with Crippen LogP contribution in [0.4, 0.5) is 4.39 Å². The molecule has 0 aromatic rings. The molecular formula is C9H16FN. The summed E-state index contributed by atoms with van der Waals surface area (Å²) in [6.45, 7) is 1.62. The number of piperidine rings is 1. The highest BCUT2D eigenvalue weighted by Gasteiger charge is 2.42. The molecule has 1 saturated heterocycles. The summed E-state index contributed by atoms with van der Waals surface area (Å²) in [4.78, 5) is 0. The van der Waals surface area contributed by atoms with Crippen LogP contribution in [0.2, 0.25) is 0 Å². The van der Waals surface area contributed by atoms with Crippen LogP contribution in [0.1, 0.15) is 32.1 Å². The third-order valence-corrected chi connectivity index (χ3v) is 3.20. The minimum atomic E-state index is -0.837. The molecule has 1 saturated carbocycles. The summed E-state index contributed by atoms with van der Waals surface area (Å²) in [5.74, 6) is 0.385. The van der Waals surface area contributed by atoms with Crippen LogP contribution in [0.25, 0.3) is 0 Å². The van der Waals surface area contributed by atoms with Crippen molar-refractivity contribution in [2.45, 2.75) is 37.8 Å². The molecule has 0 aromatic carbocycles. The second-order valence-corrected chi connectivity index (χ2v) is 3.94. The minimum Gasteiger partial charge on any atom is -0.314 e. The van der Waals surface area contributed by atoms with Gasteiger partial charge in [0, 0.05) is 6.54 Å². The molecule has 1 aliphatic heterocycles. The Balaban J connectivity index is 1.94. The van der Waals surface area contributed by atoms with E-state index in [1.54, 1.807) is 0 Å². The maximum atomic E-state index is 14.0. The molecule has 2 aliphatic rings. The number of alkyl halides is 1. The van der Waals surface area contributed by atoms with Crippen LogP contribution >= 0.6 is 0 Å². The van der Waals surface area contributed by atoms with Gasteiger partial charge in [-0.05, 0) is 38.1 Å². The predicted molar refractivity (Wildman–Crippen MR) is 43.3 cm³/mol. The lowest BCUT2D eigenvalue weighted by Crippen LogP contribution is -2.49. The number of hydrogen-bond donors (Lipinski definition) is 1. The molecule has 64 valence electrons. The smallest absolute Gasteiger partial charge is 0.126 e. The van der Waals surface area contributed by atoms with Gasteiger partial charge in [0.25, 0.3) is 0 Å². The van der Waals surface area contributed by atoms with E-state index in [1.165, 1.54) is 6.42 Å². The SMILES string of the molecule is FC1(C2CCC2)CCCNC1. The van der Waals surface area contributed by atoms with Crippen molar-refractivity contribution in [2.24, 2.45) is 5.92 Å². The molecule has 1 heterocycles. The summed E-state index contributed by atoms with van der Waals surface area (Å²) in [5, 5.41) is 3.15. The Morgan fingerprint density at radius 2 is 2.09 bits per heavy atom. The molecule has 0 radical (unpaired) electrons. The fourth-order valence-electron chi connectivity index (χ4n) is 2.17. The molecular weight excluding hydrogens is 141 g/mol. The Morgan fingerprint density at radius 1 is 1.27 bits per heavy atom. The Bertz CT molecular complexity index is 136. The lowest BCUT2D eigenvalue weighted by molar-refractivity contribution is 0.0104. The third-order valence-electron chi connectivity index (χ3n) is 3.20. The molecule has 0 spiro atoms. The molecule has 1 nitrogen and oxygen atoms in total. The largest absolute Gasteiger partial charge is 0.314 e. The average Bonchev–Trinajstić information content (AvgIpc) is 1.83. The predicted octanol–water partition coefficient (Wildman–Crippen LogP) is 1.88. The van der Waals surface area contributed by atoms with Gasteiger partial charge < -0.3 is 5.32 Å². The molecule has 0 aromatic heterocycles. The monoisotopic (exact) mass is 157 g/mol. The zero-order valence-corrected chi connectivity index (χ0v) is 6.91. The van der Waals surface area contributed by atoms with Gasteiger partial charge in [0.1, 0.15) is 5.67 Å². The maximum Gasteiger partial charge on any atom is 0.126 e. The standard InChI is InChI=1S/C9H16FN/c10-9(8-3-1-4-8)5-2-6-11-7-9/h8,11H,1-7H2. The summed E-state index contributed by atoms with van der Waals surface area (Å²) >= 11 is 0. The summed E-state index contributed by atoms with van der Waals surface area (Å²) in [6, 6.07) is 0. The van der Waals surface area contributed by atoms with E-state index < -0.39 is 5.67 Å². The highest BCUT2D eigenvalue weighted by molar-refractivity contribution is 4.95. The molecule has 0 amide bonds. The molecule has 1 aliphatic carbocycles. The van der Waals surface area contributed by atoms with E-state index in [9.17, 15) is 4.39 Å². The van der Waals surface area contributed by atoms with Crippen LogP contribution in [-0.4, -0.2) is 18.8 Å². The zero-order chi connectivity index (χ0) is 7.73. The lowest BCUT2D eigenvalue weighted by Gasteiger charge is -2.41. The normalized spacial score (nSPS) is 40.1. The molecule has 2 rings (SSSR count).